The molecule has 22 heavy (non-hydrogen) atoms. The van der Waals surface area contributed by atoms with E-state index in [1.54, 1.807) is 0 Å². The molecule has 0 amide bonds. The van der Waals surface area contributed by atoms with E-state index >= 15 is 0 Å². The van der Waals surface area contributed by atoms with Gasteiger partial charge in [0.2, 0.25) is 0 Å². The zero-order valence-electron chi connectivity index (χ0n) is 11.0. The van der Waals surface area contributed by atoms with Crippen LogP contribution in [-0.4, -0.2) is 19.6 Å². The van der Waals surface area contributed by atoms with Crippen LogP contribution in [0.15, 0.2) is 30.6 Å². The van der Waals surface area contributed by atoms with E-state index in [-0.39, 0.29) is 23.2 Å². The van der Waals surface area contributed by atoms with Gasteiger partial charge >= 0.3 is 6.18 Å². The van der Waals surface area contributed by atoms with Crippen LogP contribution < -0.4 is 5.73 Å². The minimum Gasteiger partial charge on any atom is -0.383 e. The lowest BCUT2D eigenvalue weighted by molar-refractivity contribution is -0.137. The Morgan fingerprint density at radius 2 is 1.86 bits per heavy atom. The number of rotatable bonds is 2. The Balaban J connectivity index is 1.96. The molecule has 0 spiro atoms. The molecular formula is C13H9ClF3N5. The number of nitrogens with two attached hydrogens (primary N) is 1. The van der Waals surface area contributed by atoms with Crippen LogP contribution in [0.3, 0.4) is 0 Å². The highest BCUT2D eigenvalue weighted by molar-refractivity contribution is 6.30. The highest BCUT2D eigenvalue weighted by atomic mass is 35.5. The molecule has 114 valence electrons. The molecule has 1 aromatic carbocycles. The van der Waals surface area contributed by atoms with Crippen LogP contribution in [0.4, 0.5) is 19.0 Å². The van der Waals surface area contributed by atoms with Gasteiger partial charge in [-0.15, -0.1) is 0 Å². The Morgan fingerprint density at radius 3 is 2.50 bits per heavy atom. The standard InChI is InChI=1S/C13H9ClF3N5/c14-10-9(11(18)22-12(21-10)19-6-20-22)5-7-1-3-8(4-2-7)13(15,16)17/h1-4,6H,5,18H2. The van der Waals surface area contributed by atoms with Gasteiger partial charge in [-0.05, 0) is 17.7 Å². The maximum Gasteiger partial charge on any atom is 0.416 e. The summed E-state index contributed by atoms with van der Waals surface area (Å²) in [6, 6.07) is 4.79. The first-order valence-corrected chi connectivity index (χ1v) is 6.54. The molecule has 9 heteroatoms. The second kappa shape index (κ2) is 5.13. The summed E-state index contributed by atoms with van der Waals surface area (Å²) in [7, 11) is 0. The van der Waals surface area contributed by atoms with Crippen LogP contribution in [0, 0.1) is 0 Å². The van der Waals surface area contributed by atoms with E-state index in [1.807, 2.05) is 0 Å². The Hall–Kier alpha value is -2.35. The van der Waals surface area contributed by atoms with Crippen molar-refractivity contribution in [1.29, 1.82) is 0 Å². The number of nitrogens with zero attached hydrogens (tertiary/aromatic N) is 4. The van der Waals surface area contributed by atoms with Crippen molar-refractivity contribution in [2.24, 2.45) is 0 Å². The predicted octanol–water partition coefficient (Wildman–Crippen LogP) is 2.97. The first-order valence-electron chi connectivity index (χ1n) is 6.16. The minimum atomic E-state index is -4.36. The zero-order chi connectivity index (χ0) is 15.9. The van der Waals surface area contributed by atoms with Crippen molar-refractivity contribution in [3.63, 3.8) is 0 Å². The molecule has 2 aromatic heterocycles. The smallest absolute Gasteiger partial charge is 0.383 e. The molecule has 0 aliphatic rings. The van der Waals surface area contributed by atoms with Gasteiger partial charge in [0, 0.05) is 12.0 Å². The summed E-state index contributed by atoms with van der Waals surface area (Å²) in [5.41, 5.74) is 6.37. The van der Waals surface area contributed by atoms with Crippen LogP contribution in [0.2, 0.25) is 5.15 Å². The average molecular weight is 328 g/mol. The normalized spacial score (nSPS) is 12.0. The Labute approximate surface area is 127 Å². The lowest BCUT2D eigenvalue weighted by Crippen LogP contribution is -2.08. The third kappa shape index (κ3) is 2.57. The monoisotopic (exact) mass is 327 g/mol. The number of benzene rings is 1. The summed E-state index contributed by atoms with van der Waals surface area (Å²) in [5.74, 6) is 0.520. The van der Waals surface area contributed by atoms with Gasteiger partial charge in [-0.1, -0.05) is 23.7 Å². The molecule has 0 bridgehead atoms. The van der Waals surface area contributed by atoms with E-state index in [9.17, 15) is 13.2 Å². The van der Waals surface area contributed by atoms with Gasteiger partial charge in [0.1, 0.15) is 17.3 Å². The molecule has 3 aromatic rings. The topological polar surface area (TPSA) is 69.1 Å². The van der Waals surface area contributed by atoms with Crippen molar-refractivity contribution in [2.75, 3.05) is 5.73 Å². The number of anilines is 1. The van der Waals surface area contributed by atoms with Crippen molar-refractivity contribution in [3.05, 3.63) is 52.4 Å². The largest absolute Gasteiger partial charge is 0.416 e. The van der Waals surface area contributed by atoms with E-state index in [0.717, 1.165) is 12.1 Å². The van der Waals surface area contributed by atoms with Gasteiger partial charge < -0.3 is 5.73 Å². The third-order valence-electron chi connectivity index (χ3n) is 3.18. The van der Waals surface area contributed by atoms with Crippen molar-refractivity contribution in [1.82, 2.24) is 19.6 Å². The van der Waals surface area contributed by atoms with Crippen LogP contribution in [0.5, 0.6) is 0 Å². The van der Waals surface area contributed by atoms with Crippen LogP contribution >= 0.6 is 11.6 Å². The number of halogens is 4. The summed E-state index contributed by atoms with van der Waals surface area (Å²) in [4.78, 5) is 7.92. The third-order valence-corrected chi connectivity index (χ3v) is 3.49. The fourth-order valence-corrected chi connectivity index (χ4v) is 2.29. The Morgan fingerprint density at radius 1 is 1.18 bits per heavy atom. The molecule has 0 aliphatic carbocycles. The van der Waals surface area contributed by atoms with Gasteiger partial charge in [0.25, 0.3) is 5.78 Å². The fraction of sp³-hybridized carbons (Fsp3) is 0.154. The van der Waals surface area contributed by atoms with E-state index < -0.39 is 11.7 Å². The van der Waals surface area contributed by atoms with Gasteiger partial charge in [-0.2, -0.15) is 32.8 Å². The Kier molecular flexibility index (Phi) is 3.40. The van der Waals surface area contributed by atoms with E-state index in [1.165, 1.54) is 23.0 Å². The van der Waals surface area contributed by atoms with Crippen molar-refractivity contribution >= 4 is 23.2 Å². The predicted molar refractivity (Wildman–Crippen MR) is 74.5 cm³/mol. The molecule has 2 N–H and O–H groups in total. The van der Waals surface area contributed by atoms with Crippen molar-refractivity contribution in [2.45, 2.75) is 12.6 Å². The highest BCUT2D eigenvalue weighted by Crippen LogP contribution is 2.30. The lowest BCUT2D eigenvalue weighted by Gasteiger charge is -2.10. The molecule has 0 saturated carbocycles. The minimum absolute atomic E-state index is 0.151. The van der Waals surface area contributed by atoms with E-state index in [4.69, 9.17) is 17.3 Å². The maximum absolute atomic E-state index is 12.5. The second-order valence-electron chi connectivity index (χ2n) is 4.61. The van der Waals surface area contributed by atoms with Crippen molar-refractivity contribution < 1.29 is 13.2 Å². The molecule has 3 rings (SSSR count). The summed E-state index contributed by atoms with van der Waals surface area (Å²) >= 11 is 6.07. The zero-order valence-corrected chi connectivity index (χ0v) is 11.7. The molecule has 0 saturated heterocycles. The maximum atomic E-state index is 12.5. The number of hydrogen-bond donors (Lipinski definition) is 1. The molecule has 0 fully saturated rings. The van der Waals surface area contributed by atoms with Crippen LogP contribution in [0.1, 0.15) is 16.7 Å². The molecule has 2 heterocycles. The molecule has 0 atom stereocenters. The first kappa shape index (κ1) is 14.6. The average Bonchev–Trinajstić information content (AvgIpc) is 2.91. The molecular weight excluding hydrogens is 319 g/mol. The number of nitrogen functional groups attached to an aromatic ring is 1. The van der Waals surface area contributed by atoms with E-state index in [2.05, 4.69) is 15.1 Å². The molecule has 5 nitrogen and oxygen atoms in total. The highest BCUT2D eigenvalue weighted by Gasteiger charge is 2.30. The number of aromatic nitrogens is 4. The summed E-state index contributed by atoms with van der Waals surface area (Å²) in [6.45, 7) is 0. The first-order chi connectivity index (χ1) is 10.4. The lowest BCUT2D eigenvalue weighted by atomic mass is 10.0. The summed E-state index contributed by atoms with van der Waals surface area (Å²) in [6.07, 6.45) is -2.83. The Bertz CT molecular complexity index is 826. The SMILES string of the molecule is Nc1c(Cc2ccc(C(F)(F)F)cc2)c(Cl)nc2ncnn12. The van der Waals surface area contributed by atoms with E-state index in [0.29, 0.717) is 11.1 Å². The van der Waals surface area contributed by atoms with Gasteiger partial charge in [-0.25, -0.2) is 0 Å². The second-order valence-corrected chi connectivity index (χ2v) is 4.97. The van der Waals surface area contributed by atoms with Crippen molar-refractivity contribution in [3.8, 4) is 0 Å². The molecule has 0 aliphatic heterocycles. The van der Waals surface area contributed by atoms with Crippen LogP contribution in [-0.2, 0) is 12.6 Å². The number of hydrogen-bond acceptors (Lipinski definition) is 4. The summed E-state index contributed by atoms with van der Waals surface area (Å²) < 4.78 is 39.0. The molecule has 0 radical (unpaired) electrons. The van der Waals surface area contributed by atoms with Crippen LogP contribution in [0.25, 0.3) is 5.78 Å². The quantitative estimate of drug-likeness (QED) is 0.735. The van der Waals surface area contributed by atoms with Gasteiger partial charge in [-0.3, -0.25) is 0 Å². The summed E-state index contributed by atoms with van der Waals surface area (Å²) in [5, 5.41) is 4.07. The van der Waals surface area contributed by atoms with Gasteiger partial charge in [0.05, 0.1) is 5.56 Å². The molecule has 0 unspecified atom stereocenters. The fourth-order valence-electron chi connectivity index (χ4n) is 2.05. The number of fused-ring (bicyclic) bond motifs is 1. The number of alkyl halides is 3. The van der Waals surface area contributed by atoms with Gasteiger partial charge in [0.15, 0.2) is 0 Å².